The number of fused-ring (bicyclic) bond motifs is 2. The number of halogens is 3. The average Bonchev–Trinajstić information content (AvgIpc) is 3.13. The van der Waals surface area contributed by atoms with Gasteiger partial charge in [-0.2, -0.15) is 5.10 Å². The van der Waals surface area contributed by atoms with Crippen molar-refractivity contribution in [3.05, 3.63) is 46.2 Å². The fraction of sp³-hybridized carbons (Fsp3) is 0.211. The maximum Gasteiger partial charge on any atom is 0.175 e. The number of alkyl halides is 1. The van der Waals surface area contributed by atoms with E-state index in [-0.39, 0.29) is 5.69 Å². The normalized spacial score (nSPS) is 11.4. The van der Waals surface area contributed by atoms with Gasteiger partial charge in [-0.25, -0.2) is 4.39 Å². The van der Waals surface area contributed by atoms with E-state index in [1.54, 1.807) is 18.6 Å². The molecule has 0 unspecified atom stereocenters. The van der Waals surface area contributed by atoms with Crippen LogP contribution in [0.15, 0.2) is 36.8 Å². The molecule has 4 rings (SSSR count). The lowest BCUT2D eigenvalue weighted by molar-refractivity contribution is 0.634. The monoisotopic (exact) mass is 602 g/mol. The van der Waals surface area contributed by atoms with Crippen molar-refractivity contribution in [3.63, 3.8) is 0 Å². The lowest BCUT2D eigenvalue weighted by Crippen LogP contribution is -2.28. The molecule has 0 aliphatic heterocycles. The summed E-state index contributed by atoms with van der Waals surface area (Å²) in [7, 11) is 1.94. The molecular formula is C19H17FI2N6. The first-order valence-electron chi connectivity index (χ1n) is 8.64. The van der Waals surface area contributed by atoms with E-state index >= 15 is 4.39 Å². The quantitative estimate of drug-likeness (QED) is 0.149. The van der Waals surface area contributed by atoms with Crippen LogP contribution in [0, 0.1) is 9.39 Å². The third-order valence-corrected chi connectivity index (χ3v) is 6.04. The Morgan fingerprint density at radius 3 is 2.93 bits per heavy atom. The van der Waals surface area contributed by atoms with E-state index in [0.717, 1.165) is 32.0 Å². The number of nitrogens with zero attached hydrogens (tertiary/aromatic N) is 4. The SMILES string of the molecule is CN(CCNCI)c1n[nH]c2c(F)c(-c3cncc4cccc(I)c34)ncc12. The first-order chi connectivity index (χ1) is 13.6. The zero-order chi connectivity index (χ0) is 19.7. The van der Waals surface area contributed by atoms with Gasteiger partial charge in [-0.05, 0) is 28.7 Å². The molecule has 0 bridgehead atoms. The minimum Gasteiger partial charge on any atom is -0.356 e. The molecule has 0 aliphatic rings. The lowest BCUT2D eigenvalue weighted by atomic mass is 10.0. The first-order valence-corrected chi connectivity index (χ1v) is 11.2. The highest BCUT2D eigenvalue weighted by Gasteiger charge is 2.20. The number of hydrogen-bond acceptors (Lipinski definition) is 5. The van der Waals surface area contributed by atoms with Gasteiger partial charge in [-0.1, -0.05) is 34.7 Å². The van der Waals surface area contributed by atoms with Crippen LogP contribution in [0.3, 0.4) is 0 Å². The second kappa shape index (κ2) is 8.41. The average molecular weight is 602 g/mol. The zero-order valence-corrected chi connectivity index (χ0v) is 19.3. The van der Waals surface area contributed by atoms with E-state index in [9.17, 15) is 0 Å². The minimum atomic E-state index is -0.413. The molecule has 3 heterocycles. The van der Waals surface area contributed by atoms with Crippen LogP contribution in [0.5, 0.6) is 0 Å². The number of likely N-dealkylation sites (N-methyl/N-ethyl adjacent to an activating group) is 1. The maximum absolute atomic E-state index is 15.4. The van der Waals surface area contributed by atoms with E-state index in [1.165, 1.54) is 0 Å². The Morgan fingerprint density at radius 1 is 1.25 bits per heavy atom. The molecule has 0 aliphatic carbocycles. The second-order valence-electron chi connectivity index (χ2n) is 6.34. The van der Waals surface area contributed by atoms with E-state index in [4.69, 9.17) is 0 Å². The molecular weight excluding hydrogens is 585 g/mol. The Hall–Kier alpha value is -1.60. The number of benzene rings is 1. The fourth-order valence-corrected chi connectivity index (χ4v) is 4.39. The number of anilines is 1. The summed E-state index contributed by atoms with van der Waals surface area (Å²) in [5, 5.41) is 13.0. The van der Waals surface area contributed by atoms with Crippen molar-refractivity contribution in [1.82, 2.24) is 25.5 Å². The molecule has 0 radical (unpaired) electrons. The summed E-state index contributed by atoms with van der Waals surface area (Å²) in [5.41, 5.74) is 1.31. The van der Waals surface area contributed by atoms with E-state index < -0.39 is 5.82 Å². The Bertz CT molecular complexity index is 1140. The highest BCUT2D eigenvalue weighted by molar-refractivity contribution is 14.1. The summed E-state index contributed by atoms with van der Waals surface area (Å²) < 4.78 is 17.3. The predicted octanol–water partition coefficient (Wildman–Crippen LogP) is 4.34. The molecule has 144 valence electrons. The van der Waals surface area contributed by atoms with Crippen molar-refractivity contribution >= 4 is 72.7 Å². The number of H-pyrrole nitrogens is 1. The Kier molecular flexibility index (Phi) is 5.92. The summed E-state index contributed by atoms with van der Waals surface area (Å²) >= 11 is 4.52. The van der Waals surface area contributed by atoms with Gasteiger partial charge in [0.15, 0.2) is 11.6 Å². The van der Waals surface area contributed by atoms with Crippen LogP contribution in [0.2, 0.25) is 0 Å². The number of pyridine rings is 2. The number of hydrogen-bond donors (Lipinski definition) is 2. The third kappa shape index (κ3) is 3.54. The number of rotatable bonds is 6. The van der Waals surface area contributed by atoms with Crippen LogP contribution < -0.4 is 10.2 Å². The molecule has 0 fully saturated rings. The summed E-state index contributed by atoms with van der Waals surface area (Å²) in [4.78, 5) is 10.7. The van der Waals surface area contributed by atoms with Gasteiger partial charge in [0.2, 0.25) is 0 Å². The van der Waals surface area contributed by atoms with Crippen LogP contribution in [0.25, 0.3) is 32.9 Å². The van der Waals surface area contributed by atoms with E-state index in [1.807, 2.05) is 30.1 Å². The van der Waals surface area contributed by atoms with Crippen molar-refractivity contribution < 1.29 is 4.39 Å². The first kappa shape index (κ1) is 19.7. The van der Waals surface area contributed by atoms with Gasteiger partial charge in [0.25, 0.3) is 0 Å². The predicted molar refractivity (Wildman–Crippen MR) is 127 cm³/mol. The summed E-state index contributed by atoms with van der Waals surface area (Å²) in [6, 6.07) is 5.93. The molecule has 0 saturated carbocycles. The van der Waals surface area contributed by atoms with Gasteiger partial charge in [-0.15, -0.1) is 0 Å². The standard InChI is InChI=1S/C19H17FI2N6/c1-28(6-5-23-10-21)19-13-9-25-17(16(20)18(13)26-27-19)12-8-24-7-11-3-2-4-14(22)15(11)12/h2-4,7-9,23H,5-6,10H2,1H3,(H,26,27). The van der Waals surface area contributed by atoms with Crippen molar-refractivity contribution in [2.24, 2.45) is 0 Å². The molecule has 6 nitrogen and oxygen atoms in total. The van der Waals surface area contributed by atoms with Crippen LogP contribution in [0.1, 0.15) is 0 Å². The number of aromatic nitrogens is 4. The molecule has 2 N–H and O–H groups in total. The molecule has 4 aromatic rings. The van der Waals surface area contributed by atoms with Crippen molar-refractivity contribution in [1.29, 1.82) is 0 Å². The van der Waals surface area contributed by atoms with Crippen LogP contribution in [0.4, 0.5) is 10.2 Å². The summed E-state index contributed by atoms with van der Waals surface area (Å²) in [5.74, 6) is 0.276. The molecule has 1 aromatic carbocycles. The van der Waals surface area contributed by atoms with Crippen LogP contribution in [-0.4, -0.2) is 44.9 Å². The van der Waals surface area contributed by atoms with Crippen molar-refractivity contribution in [2.45, 2.75) is 0 Å². The van der Waals surface area contributed by atoms with Crippen molar-refractivity contribution in [2.75, 3.05) is 29.6 Å². The van der Waals surface area contributed by atoms with E-state index in [2.05, 4.69) is 70.7 Å². The number of nitrogens with one attached hydrogen (secondary N) is 2. The van der Waals surface area contributed by atoms with Gasteiger partial charge < -0.3 is 10.2 Å². The molecule has 0 atom stereocenters. The largest absolute Gasteiger partial charge is 0.356 e. The summed E-state index contributed by atoms with van der Waals surface area (Å²) in [6.07, 6.45) is 5.13. The maximum atomic E-state index is 15.4. The highest BCUT2D eigenvalue weighted by Crippen LogP contribution is 2.34. The van der Waals surface area contributed by atoms with Crippen LogP contribution in [-0.2, 0) is 0 Å². The molecule has 0 saturated heterocycles. The highest BCUT2D eigenvalue weighted by atomic mass is 127. The van der Waals surface area contributed by atoms with Crippen LogP contribution >= 0.6 is 45.2 Å². The fourth-order valence-electron chi connectivity index (χ4n) is 3.20. The van der Waals surface area contributed by atoms with Gasteiger partial charge in [-0.3, -0.25) is 15.1 Å². The Balaban J connectivity index is 1.80. The molecule has 9 heteroatoms. The molecule has 0 spiro atoms. The van der Waals surface area contributed by atoms with Gasteiger partial charge >= 0.3 is 0 Å². The Morgan fingerprint density at radius 2 is 2.11 bits per heavy atom. The zero-order valence-electron chi connectivity index (χ0n) is 15.0. The smallest absolute Gasteiger partial charge is 0.175 e. The summed E-state index contributed by atoms with van der Waals surface area (Å²) in [6.45, 7) is 1.58. The minimum absolute atomic E-state index is 0.277. The van der Waals surface area contributed by atoms with E-state index in [0.29, 0.717) is 22.3 Å². The molecule has 28 heavy (non-hydrogen) atoms. The number of aromatic amines is 1. The molecule has 0 amide bonds. The Labute approximate surface area is 188 Å². The topological polar surface area (TPSA) is 69.7 Å². The lowest BCUT2D eigenvalue weighted by Gasteiger charge is -2.16. The third-order valence-electron chi connectivity index (χ3n) is 4.60. The van der Waals surface area contributed by atoms with Gasteiger partial charge in [0, 0.05) is 63.2 Å². The van der Waals surface area contributed by atoms with Gasteiger partial charge in [0.05, 0.1) is 5.39 Å². The second-order valence-corrected chi connectivity index (χ2v) is 8.26. The van der Waals surface area contributed by atoms with Crippen molar-refractivity contribution in [3.8, 4) is 11.3 Å². The molecule has 3 aromatic heterocycles. The van der Waals surface area contributed by atoms with Gasteiger partial charge in [0.1, 0.15) is 11.2 Å².